The van der Waals surface area contributed by atoms with Crippen molar-refractivity contribution in [1.82, 2.24) is 9.97 Å². The van der Waals surface area contributed by atoms with Crippen LogP contribution in [0.3, 0.4) is 0 Å². The summed E-state index contributed by atoms with van der Waals surface area (Å²) in [6.45, 7) is 1.91. The van der Waals surface area contributed by atoms with Gasteiger partial charge < -0.3 is 9.47 Å². The Balaban J connectivity index is 2.58. The summed E-state index contributed by atoms with van der Waals surface area (Å²) in [5.74, 6) is 1.17. The summed E-state index contributed by atoms with van der Waals surface area (Å²) in [5, 5.41) is 9.49. The Labute approximate surface area is 117 Å². The van der Waals surface area contributed by atoms with E-state index in [4.69, 9.17) is 9.47 Å². The maximum Gasteiger partial charge on any atom is 0.149 e. The van der Waals surface area contributed by atoms with Gasteiger partial charge in [-0.05, 0) is 24.6 Å². The van der Waals surface area contributed by atoms with Crippen LogP contribution in [0.2, 0.25) is 0 Å². The minimum absolute atomic E-state index is 0.460. The first-order valence-electron chi connectivity index (χ1n) is 6.10. The summed E-state index contributed by atoms with van der Waals surface area (Å²) in [4.78, 5) is 8.33. The topological polar surface area (TPSA) is 68.0 Å². The fourth-order valence-corrected chi connectivity index (χ4v) is 2.10. The standard InChI is InChI=1S/C15H15N3O2/c1-10-7-11(19-2)8-13(20-3)14(10)12(9-16)15-17-5-4-6-18-15/h4-8,12H,1-3H3. The van der Waals surface area contributed by atoms with Crippen LogP contribution in [0.25, 0.3) is 0 Å². The van der Waals surface area contributed by atoms with E-state index >= 15 is 0 Å². The number of nitriles is 1. The van der Waals surface area contributed by atoms with Crippen LogP contribution in [0.5, 0.6) is 11.5 Å². The molecule has 1 aromatic carbocycles. The third kappa shape index (κ3) is 2.54. The fraction of sp³-hybridized carbons (Fsp3) is 0.267. The van der Waals surface area contributed by atoms with Gasteiger partial charge in [0.05, 0.1) is 20.3 Å². The Kier molecular flexibility index (Phi) is 4.16. The maximum atomic E-state index is 9.49. The van der Waals surface area contributed by atoms with E-state index in [0.717, 1.165) is 11.1 Å². The molecular weight excluding hydrogens is 254 g/mol. The molecule has 0 aliphatic rings. The van der Waals surface area contributed by atoms with Gasteiger partial charge in [-0.25, -0.2) is 9.97 Å². The number of hydrogen-bond acceptors (Lipinski definition) is 5. The minimum atomic E-state index is -0.572. The second-order valence-corrected chi connectivity index (χ2v) is 4.23. The van der Waals surface area contributed by atoms with Gasteiger partial charge in [-0.3, -0.25) is 0 Å². The van der Waals surface area contributed by atoms with Crippen molar-refractivity contribution in [2.24, 2.45) is 0 Å². The molecule has 0 saturated heterocycles. The minimum Gasteiger partial charge on any atom is -0.497 e. The lowest BCUT2D eigenvalue weighted by molar-refractivity contribution is 0.390. The molecule has 0 amide bonds. The van der Waals surface area contributed by atoms with Crippen molar-refractivity contribution < 1.29 is 9.47 Å². The van der Waals surface area contributed by atoms with E-state index in [0.29, 0.717) is 17.3 Å². The smallest absolute Gasteiger partial charge is 0.149 e. The molecule has 1 heterocycles. The van der Waals surface area contributed by atoms with Crippen molar-refractivity contribution in [3.63, 3.8) is 0 Å². The van der Waals surface area contributed by atoms with Gasteiger partial charge >= 0.3 is 0 Å². The molecule has 5 heteroatoms. The maximum absolute atomic E-state index is 9.49. The SMILES string of the molecule is COc1cc(C)c(C(C#N)c2ncccn2)c(OC)c1. The average molecular weight is 269 g/mol. The van der Waals surface area contributed by atoms with Gasteiger partial charge in [0.25, 0.3) is 0 Å². The number of ether oxygens (including phenoxy) is 2. The third-order valence-corrected chi connectivity index (χ3v) is 3.04. The molecule has 20 heavy (non-hydrogen) atoms. The summed E-state index contributed by atoms with van der Waals surface area (Å²) >= 11 is 0. The Morgan fingerprint density at radius 2 is 1.85 bits per heavy atom. The zero-order valence-electron chi connectivity index (χ0n) is 11.6. The molecule has 2 aromatic rings. The molecule has 102 valence electrons. The normalized spacial score (nSPS) is 11.5. The highest BCUT2D eigenvalue weighted by molar-refractivity contribution is 5.51. The average Bonchev–Trinajstić information content (AvgIpc) is 2.50. The van der Waals surface area contributed by atoms with Gasteiger partial charge in [0.1, 0.15) is 23.2 Å². The van der Waals surface area contributed by atoms with Crippen molar-refractivity contribution in [2.45, 2.75) is 12.8 Å². The van der Waals surface area contributed by atoms with Crippen molar-refractivity contribution in [1.29, 1.82) is 5.26 Å². The molecule has 5 nitrogen and oxygen atoms in total. The van der Waals surface area contributed by atoms with E-state index in [1.54, 1.807) is 38.7 Å². The molecule has 0 spiro atoms. The zero-order chi connectivity index (χ0) is 14.5. The quantitative estimate of drug-likeness (QED) is 0.852. The predicted octanol–water partition coefficient (Wildman–Crippen LogP) is 2.46. The van der Waals surface area contributed by atoms with E-state index in [2.05, 4.69) is 16.0 Å². The predicted molar refractivity (Wildman–Crippen MR) is 73.8 cm³/mol. The highest BCUT2D eigenvalue weighted by atomic mass is 16.5. The number of benzene rings is 1. The van der Waals surface area contributed by atoms with E-state index < -0.39 is 5.92 Å². The lowest BCUT2D eigenvalue weighted by Crippen LogP contribution is -2.07. The van der Waals surface area contributed by atoms with Crippen LogP contribution >= 0.6 is 0 Å². The molecule has 2 rings (SSSR count). The number of rotatable bonds is 4. The zero-order valence-corrected chi connectivity index (χ0v) is 11.6. The Morgan fingerprint density at radius 3 is 2.40 bits per heavy atom. The van der Waals surface area contributed by atoms with Gasteiger partial charge in [0.15, 0.2) is 0 Å². The van der Waals surface area contributed by atoms with Crippen LogP contribution in [0.1, 0.15) is 22.9 Å². The molecule has 0 bridgehead atoms. The Morgan fingerprint density at radius 1 is 1.15 bits per heavy atom. The summed E-state index contributed by atoms with van der Waals surface area (Å²) in [5.41, 5.74) is 1.67. The molecule has 0 aliphatic carbocycles. The molecular formula is C15H15N3O2. The summed E-state index contributed by atoms with van der Waals surface area (Å²) in [6.07, 6.45) is 3.25. The number of aryl methyl sites for hydroxylation is 1. The van der Waals surface area contributed by atoms with Gasteiger partial charge in [0.2, 0.25) is 0 Å². The number of aromatic nitrogens is 2. The highest BCUT2D eigenvalue weighted by Crippen LogP contribution is 2.35. The van der Waals surface area contributed by atoms with Gasteiger partial charge in [-0.15, -0.1) is 0 Å². The first-order valence-corrected chi connectivity index (χ1v) is 6.10. The summed E-state index contributed by atoms with van der Waals surface area (Å²) < 4.78 is 10.6. The highest BCUT2D eigenvalue weighted by Gasteiger charge is 2.23. The van der Waals surface area contributed by atoms with Gasteiger partial charge in [-0.2, -0.15) is 5.26 Å². The Hall–Kier alpha value is -2.61. The fourth-order valence-electron chi connectivity index (χ4n) is 2.10. The molecule has 0 aliphatic heterocycles. The molecule has 0 saturated carbocycles. The van der Waals surface area contributed by atoms with Crippen molar-refractivity contribution in [3.8, 4) is 17.6 Å². The largest absolute Gasteiger partial charge is 0.497 e. The Bertz CT molecular complexity index is 636. The molecule has 1 unspecified atom stereocenters. The first kappa shape index (κ1) is 13.8. The van der Waals surface area contributed by atoms with Crippen LogP contribution in [0.15, 0.2) is 30.6 Å². The molecule has 0 radical (unpaired) electrons. The molecule has 1 atom stereocenters. The van der Waals surface area contributed by atoms with Gasteiger partial charge in [0, 0.05) is 24.0 Å². The van der Waals surface area contributed by atoms with Crippen LogP contribution in [-0.2, 0) is 0 Å². The second-order valence-electron chi connectivity index (χ2n) is 4.23. The van der Waals surface area contributed by atoms with E-state index in [-0.39, 0.29) is 0 Å². The summed E-state index contributed by atoms with van der Waals surface area (Å²) in [7, 11) is 3.16. The van der Waals surface area contributed by atoms with Crippen molar-refractivity contribution in [2.75, 3.05) is 14.2 Å². The lowest BCUT2D eigenvalue weighted by atomic mass is 9.93. The molecule has 0 N–H and O–H groups in total. The van der Waals surface area contributed by atoms with E-state index in [1.165, 1.54) is 0 Å². The first-order chi connectivity index (χ1) is 9.71. The van der Waals surface area contributed by atoms with E-state index in [9.17, 15) is 5.26 Å². The number of nitrogens with zero attached hydrogens (tertiary/aromatic N) is 3. The monoisotopic (exact) mass is 269 g/mol. The third-order valence-electron chi connectivity index (χ3n) is 3.04. The van der Waals surface area contributed by atoms with Crippen LogP contribution in [-0.4, -0.2) is 24.2 Å². The summed E-state index contributed by atoms with van der Waals surface area (Å²) in [6, 6.07) is 7.59. The number of methoxy groups -OCH3 is 2. The van der Waals surface area contributed by atoms with Crippen LogP contribution in [0, 0.1) is 18.3 Å². The van der Waals surface area contributed by atoms with Crippen LogP contribution < -0.4 is 9.47 Å². The lowest BCUT2D eigenvalue weighted by Gasteiger charge is -2.16. The molecule has 1 aromatic heterocycles. The number of hydrogen-bond donors (Lipinski definition) is 0. The van der Waals surface area contributed by atoms with Crippen molar-refractivity contribution >= 4 is 0 Å². The van der Waals surface area contributed by atoms with Crippen LogP contribution in [0.4, 0.5) is 0 Å². The van der Waals surface area contributed by atoms with Crippen molar-refractivity contribution in [3.05, 3.63) is 47.5 Å². The second kappa shape index (κ2) is 6.02. The molecule has 0 fully saturated rings. The van der Waals surface area contributed by atoms with Gasteiger partial charge in [-0.1, -0.05) is 0 Å². The van der Waals surface area contributed by atoms with E-state index in [1.807, 2.05) is 13.0 Å².